The molecule has 0 fully saturated rings. The Morgan fingerprint density at radius 1 is 1.62 bits per heavy atom. The number of hydrogen-bond donors (Lipinski definition) is 0. The van der Waals surface area contributed by atoms with E-state index in [1.54, 1.807) is 18.2 Å². The van der Waals surface area contributed by atoms with Crippen molar-refractivity contribution in [3.63, 3.8) is 0 Å². The van der Waals surface area contributed by atoms with Crippen LogP contribution in [0.2, 0.25) is 0 Å². The van der Waals surface area contributed by atoms with E-state index in [2.05, 4.69) is 6.58 Å². The second-order valence-electron chi connectivity index (χ2n) is 1.34. The molecule has 0 atom stereocenters. The van der Waals surface area contributed by atoms with E-state index >= 15 is 0 Å². The molecule has 0 rings (SSSR count). The van der Waals surface area contributed by atoms with E-state index in [0.717, 1.165) is 5.57 Å². The fourth-order valence-electron chi connectivity index (χ4n) is 0.220. The van der Waals surface area contributed by atoms with Crippen LogP contribution in [0.1, 0.15) is 6.92 Å². The fraction of sp³-hybridized carbons (Fsp3) is 0.143. The Kier molecular flexibility index (Phi) is 10.2. The molecule has 0 aliphatic heterocycles. The zero-order chi connectivity index (χ0) is 5.70. The summed E-state index contributed by atoms with van der Waals surface area (Å²) < 4.78 is 0. The van der Waals surface area contributed by atoms with Crippen molar-refractivity contribution in [3.8, 4) is 0 Å². The molecule has 0 unspecified atom stereocenters. The maximum absolute atomic E-state index is 5.26. The van der Waals surface area contributed by atoms with Gasteiger partial charge in [0.2, 0.25) is 0 Å². The maximum Gasteiger partial charge on any atom is 0 e. The van der Waals surface area contributed by atoms with Gasteiger partial charge in [0.05, 0.1) is 0 Å². The number of rotatable bonds is 2. The van der Waals surface area contributed by atoms with Crippen molar-refractivity contribution in [2.75, 3.05) is 0 Å². The first-order chi connectivity index (χ1) is 3.27. The van der Waals surface area contributed by atoms with Gasteiger partial charge in [-0.1, -0.05) is 13.0 Å². The average Bonchev–Trinajstić information content (AvgIpc) is 1.61. The molecule has 0 nitrogen and oxygen atoms in total. The first kappa shape index (κ1) is 11.2. The summed E-state index contributed by atoms with van der Waals surface area (Å²) in [5.74, 6) is 0. The second kappa shape index (κ2) is 7.32. The predicted molar refractivity (Wildman–Crippen MR) is 32.8 cm³/mol. The molecule has 0 N–H and O–H groups in total. The van der Waals surface area contributed by atoms with Gasteiger partial charge in [-0.15, -0.1) is 12.7 Å². The van der Waals surface area contributed by atoms with Gasteiger partial charge in [0.1, 0.15) is 0 Å². The van der Waals surface area contributed by atoms with E-state index in [1.807, 2.05) is 6.92 Å². The van der Waals surface area contributed by atoms with Crippen LogP contribution in [0.5, 0.6) is 0 Å². The summed E-state index contributed by atoms with van der Waals surface area (Å²) >= 11 is 0. The number of allylic oxidation sites excluding steroid dienone is 4. The summed E-state index contributed by atoms with van der Waals surface area (Å²) in [6.07, 6.45) is 5.29. The molecule has 0 bridgehead atoms. The largest absolute Gasteiger partial charge is 0.290 e. The molecule has 0 saturated carbocycles. The summed E-state index contributed by atoms with van der Waals surface area (Å²) in [6.45, 7) is 10.6. The van der Waals surface area contributed by atoms with Crippen molar-refractivity contribution in [2.24, 2.45) is 0 Å². The SMILES string of the molecule is [CH-]=C(C)/C=C\C=C.[Y]. The van der Waals surface area contributed by atoms with Gasteiger partial charge in [0.15, 0.2) is 0 Å². The van der Waals surface area contributed by atoms with Gasteiger partial charge >= 0.3 is 0 Å². The minimum atomic E-state index is 0. The van der Waals surface area contributed by atoms with Crippen LogP contribution in [0.25, 0.3) is 0 Å². The van der Waals surface area contributed by atoms with Gasteiger partial charge in [0.25, 0.3) is 0 Å². The zero-order valence-corrected chi connectivity index (χ0v) is 7.93. The van der Waals surface area contributed by atoms with Crippen LogP contribution in [-0.4, -0.2) is 0 Å². The molecule has 0 heterocycles. The normalized spacial score (nSPS) is 8.12. The molecule has 0 spiro atoms. The molecule has 0 aromatic heterocycles. The van der Waals surface area contributed by atoms with E-state index in [0.29, 0.717) is 0 Å². The average molecular weight is 182 g/mol. The fourth-order valence-corrected chi connectivity index (χ4v) is 0.220. The van der Waals surface area contributed by atoms with Gasteiger partial charge < -0.3 is 0 Å². The quantitative estimate of drug-likeness (QED) is 0.453. The Hall–Kier alpha value is 0.324. The summed E-state index contributed by atoms with van der Waals surface area (Å²) in [4.78, 5) is 0. The molecule has 0 amide bonds. The standard InChI is InChI=1S/C7H9.Y/c1-4-5-6-7(2)3;/h2,4-6H,1H2,3H3;/q-1;/b6-5-;. The molecule has 0 saturated heterocycles. The van der Waals surface area contributed by atoms with Gasteiger partial charge in [-0.2, -0.15) is 0 Å². The van der Waals surface area contributed by atoms with Gasteiger partial charge in [-0.25, -0.2) is 11.6 Å². The Labute approximate surface area is 76.2 Å². The smallest absolute Gasteiger partial charge is 0 e. The predicted octanol–water partition coefficient (Wildman–Crippen LogP) is 2.11. The molecule has 0 aromatic rings. The summed E-state index contributed by atoms with van der Waals surface area (Å²) in [5.41, 5.74) is 0.805. The van der Waals surface area contributed by atoms with E-state index in [4.69, 9.17) is 6.58 Å². The van der Waals surface area contributed by atoms with Crippen LogP contribution >= 0.6 is 0 Å². The second-order valence-corrected chi connectivity index (χ2v) is 1.34. The summed E-state index contributed by atoms with van der Waals surface area (Å²) in [5, 5.41) is 0. The van der Waals surface area contributed by atoms with Crippen molar-refractivity contribution in [2.45, 2.75) is 6.92 Å². The third-order valence-corrected chi connectivity index (χ3v) is 0.495. The van der Waals surface area contributed by atoms with Crippen LogP contribution in [0, 0.1) is 6.58 Å². The van der Waals surface area contributed by atoms with E-state index in [-0.39, 0.29) is 32.7 Å². The third kappa shape index (κ3) is 9.59. The van der Waals surface area contributed by atoms with Crippen LogP contribution in [0.4, 0.5) is 0 Å². The molecular weight excluding hydrogens is 173 g/mol. The topological polar surface area (TPSA) is 0 Å². The van der Waals surface area contributed by atoms with Gasteiger partial charge in [-0.05, 0) is 0 Å². The van der Waals surface area contributed by atoms with Crippen molar-refractivity contribution in [1.82, 2.24) is 0 Å². The van der Waals surface area contributed by atoms with E-state index in [9.17, 15) is 0 Å². The van der Waals surface area contributed by atoms with Crippen LogP contribution < -0.4 is 0 Å². The van der Waals surface area contributed by atoms with Gasteiger partial charge in [0, 0.05) is 32.7 Å². The molecule has 41 valence electrons. The minimum absolute atomic E-state index is 0. The van der Waals surface area contributed by atoms with Crippen molar-refractivity contribution in [3.05, 3.63) is 37.0 Å². The first-order valence-electron chi connectivity index (χ1n) is 2.15. The first-order valence-corrected chi connectivity index (χ1v) is 2.15. The molecule has 1 radical (unpaired) electrons. The Morgan fingerprint density at radius 3 is 2.25 bits per heavy atom. The van der Waals surface area contributed by atoms with Crippen LogP contribution in [0.3, 0.4) is 0 Å². The summed E-state index contributed by atoms with van der Waals surface area (Å²) in [6, 6.07) is 0. The summed E-state index contributed by atoms with van der Waals surface area (Å²) in [7, 11) is 0. The van der Waals surface area contributed by atoms with Crippen molar-refractivity contribution >= 4 is 0 Å². The minimum Gasteiger partial charge on any atom is -0.290 e. The number of hydrogen-bond acceptors (Lipinski definition) is 0. The molecule has 0 aliphatic rings. The third-order valence-electron chi connectivity index (χ3n) is 0.495. The molecule has 8 heavy (non-hydrogen) atoms. The molecular formula is C7H9Y-. The Morgan fingerprint density at radius 2 is 2.12 bits per heavy atom. The van der Waals surface area contributed by atoms with E-state index in [1.165, 1.54) is 0 Å². The Balaban J connectivity index is 0. The zero-order valence-electron chi connectivity index (χ0n) is 5.09. The maximum atomic E-state index is 5.26. The molecule has 1 heteroatoms. The van der Waals surface area contributed by atoms with Crippen LogP contribution in [0.15, 0.2) is 30.4 Å². The van der Waals surface area contributed by atoms with E-state index < -0.39 is 0 Å². The monoisotopic (exact) mass is 182 g/mol. The van der Waals surface area contributed by atoms with Crippen LogP contribution in [-0.2, 0) is 32.7 Å². The van der Waals surface area contributed by atoms with Crippen molar-refractivity contribution in [1.29, 1.82) is 0 Å². The molecule has 0 aromatic carbocycles. The Bertz CT molecular complexity index is 101. The van der Waals surface area contributed by atoms with Crippen molar-refractivity contribution < 1.29 is 32.7 Å². The molecule has 0 aliphatic carbocycles. The van der Waals surface area contributed by atoms with Gasteiger partial charge in [-0.3, -0.25) is 6.58 Å².